The summed E-state index contributed by atoms with van der Waals surface area (Å²) in [6.07, 6.45) is 3.97. The van der Waals surface area contributed by atoms with E-state index >= 15 is 0 Å². The molecular formula is C12H14FN5O2. The van der Waals surface area contributed by atoms with Gasteiger partial charge in [-0.15, -0.1) is 0 Å². The molecule has 2 heterocycles. The second-order valence-corrected chi connectivity index (χ2v) is 3.80. The first kappa shape index (κ1) is 14.1. The fourth-order valence-electron chi connectivity index (χ4n) is 1.75. The van der Waals surface area contributed by atoms with Gasteiger partial charge in [-0.05, 0) is 6.07 Å². The van der Waals surface area contributed by atoms with Gasteiger partial charge in [0.2, 0.25) is 11.8 Å². The van der Waals surface area contributed by atoms with E-state index in [9.17, 15) is 4.39 Å². The average molecular weight is 279 g/mol. The molecule has 3 N–H and O–H groups in total. The summed E-state index contributed by atoms with van der Waals surface area (Å²) >= 11 is 0. The van der Waals surface area contributed by atoms with Crippen LogP contribution in [0.15, 0.2) is 24.7 Å². The summed E-state index contributed by atoms with van der Waals surface area (Å²) in [5, 5.41) is 0. The van der Waals surface area contributed by atoms with E-state index in [0.717, 1.165) is 6.20 Å². The molecule has 2 aromatic heterocycles. The molecule has 7 nitrogen and oxygen atoms in total. The van der Waals surface area contributed by atoms with Crippen molar-refractivity contribution in [1.29, 1.82) is 0 Å². The lowest BCUT2D eigenvalue weighted by Crippen LogP contribution is -2.30. The number of hydrogen-bond donors (Lipinski definition) is 2. The number of ether oxygens (including phenoxy) is 2. The van der Waals surface area contributed by atoms with Crippen LogP contribution >= 0.6 is 0 Å². The molecule has 0 aromatic carbocycles. The maximum absolute atomic E-state index is 13.8. The van der Waals surface area contributed by atoms with E-state index in [1.165, 1.54) is 32.7 Å². The Balaban J connectivity index is 2.49. The Morgan fingerprint density at radius 1 is 1.30 bits per heavy atom. The van der Waals surface area contributed by atoms with E-state index in [1.54, 1.807) is 0 Å². The van der Waals surface area contributed by atoms with Crippen LogP contribution in [0.3, 0.4) is 0 Å². The normalized spacial score (nSPS) is 12.0. The van der Waals surface area contributed by atoms with Gasteiger partial charge in [-0.25, -0.2) is 14.8 Å². The molecular weight excluding hydrogens is 265 g/mol. The summed E-state index contributed by atoms with van der Waals surface area (Å²) in [7, 11) is 2.90. The molecule has 0 aliphatic heterocycles. The van der Waals surface area contributed by atoms with Crippen LogP contribution in [0.25, 0.3) is 0 Å². The van der Waals surface area contributed by atoms with Gasteiger partial charge in [0.05, 0.1) is 32.7 Å². The van der Waals surface area contributed by atoms with Crippen LogP contribution in [0.2, 0.25) is 0 Å². The zero-order valence-corrected chi connectivity index (χ0v) is 11.0. The molecule has 1 atom stereocenters. The van der Waals surface area contributed by atoms with Crippen molar-refractivity contribution in [1.82, 2.24) is 20.4 Å². The average Bonchev–Trinajstić information content (AvgIpc) is 2.50. The number of aromatic nitrogens is 3. The van der Waals surface area contributed by atoms with Crippen molar-refractivity contribution in [3.8, 4) is 11.8 Å². The van der Waals surface area contributed by atoms with Gasteiger partial charge in [0, 0.05) is 11.8 Å². The van der Waals surface area contributed by atoms with Crippen LogP contribution in [-0.2, 0) is 0 Å². The molecule has 0 saturated carbocycles. The summed E-state index contributed by atoms with van der Waals surface area (Å²) in [4.78, 5) is 12.0. The van der Waals surface area contributed by atoms with Crippen molar-refractivity contribution in [3.63, 3.8) is 0 Å². The Morgan fingerprint density at radius 2 is 2.10 bits per heavy atom. The number of rotatable bonds is 5. The highest BCUT2D eigenvalue weighted by Crippen LogP contribution is 2.28. The summed E-state index contributed by atoms with van der Waals surface area (Å²) in [6, 6.07) is 0.789. The van der Waals surface area contributed by atoms with E-state index in [-0.39, 0.29) is 11.8 Å². The van der Waals surface area contributed by atoms with Gasteiger partial charge in [0.25, 0.3) is 0 Å². The Hall–Kier alpha value is -2.32. The summed E-state index contributed by atoms with van der Waals surface area (Å²) < 4.78 is 23.9. The highest BCUT2D eigenvalue weighted by molar-refractivity contribution is 5.34. The fraction of sp³-hybridized carbons (Fsp3) is 0.250. The SMILES string of the molecule is COc1cnc(C(NN)c2ccncc2F)c(OC)n1. The number of hydrogen-bond acceptors (Lipinski definition) is 7. The van der Waals surface area contributed by atoms with Crippen LogP contribution in [0, 0.1) is 5.82 Å². The first-order valence-electron chi connectivity index (χ1n) is 5.71. The van der Waals surface area contributed by atoms with E-state index in [1.807, 2.05) is 0 Å². The van der Waals surface area contributed by atoms with Gasteiger partial charge in [-0.2, -0.15) is 4.98 Å². The second-order valence-electron chi connectivity index (χ2n) is 3.80. The number of nitrogens with zero attached hydrogens (tertiary/aromatic N) is 3. The van der Waals surface area contributed by atoms with Crippen molar-refractivity contribution in [2.24, 2.45) is 5.84 Å². The Morgan fingerprint density at radius 3 is 2.70 bits per heavy atom. The number of pyridine rings is 1. The Bertz CT molecular complexity index is 596. The maximum atomic E-state index is 13.8. The number of nitrogens with two attached hydrogens (primary N) is 1. The monoisotopic (exact) mass is 279 g/mol. The lowest BCUT2D eigenvalue weighted by molar-refractivity contribution is 0.352. The molecule has 0 fully saturated rings. The molecule has 20 heavy (non-hydrogen) atoms. The van der Waals surface area contributed by atoms with Gasteiger partial charge < -0.3 is 9.47 Å². The Kier molecular flexibility index (Phi) is 4.38. The fourth-order valence-corrected chi connectivity index (χ4v) is 1.75. The van der Waals surface area contributed by atoms with E-state index in [2.05, 4.69) is 20.4 Å². The highest BCUT2D eigenvalue weighted by atomic mass is 19.1. The number of nitrogens with one attached hydrogen (secondary N) is 1. The molecule has 106 valence electrons. The third-order valence-corrected chi connectivity index (χ3v) is 2.70. The molecule has 1 unspecified atom stereocenters. The third-order valence-electron chi connectivity index (χ3n) is 2.70. The minimum Gasteiger partial charge on any atom is -0.480 e. The summed E-state index contributed by atoms with van der Waals surface area (Å²) in [6.45, 7) is 0. The summed E-state index contributed by atoms with van der Waals surface area (Å²) in [5.41, 5.74) is 3.14. The van der Waals surface area contributed by atoms with Crippen LogP contribution in [0.5, 0.6) is 11.8 Å². The van der Waals surface area contributed by atoms with Crippen LogP contribution in [0.4, 0.5) is 4.39 Å². The van der Waals surface area contributed by atoms with Crippen molar-refractivity contribution in [3.05, 3.63) is 41.7 Å². The third kappa shape index (κ3) is 2.65. The smallest absolute Gasteiger partial charge is 0.240 e. The van der Waals surface area contributed by atoms with Gasteiger partial charge in [-0.1, -0.05) is 0 Å². The topological polar surface area (TPSA) is 95.2 Å². The van der Waals surface area contributed by atoms with Gasteiger partial charge in [0.1, 0.15) is 11.5 Å². The standard InChI is InChI=1S/C12H14FN5O2/c1-19-9-6-16-11(12(17-9)20-2)10(18-14)7-3-4-15-5-8(7)13/h3-6,10,18H,14H2,1-2H3. The molecule has 0 bridgehead atoms. The van der Waals surface area contributed by atoms with E-state index < -0.39 is 11.9 Å². The largest absolute Gasteiger partial charge is 0.480 e. The molecule has 0 spiro atoms. The molecule has 8 heteroatoms. The van der Waals surface area contributed by atoms with Gasteiger partial charge in [0.15, 0.2) is 0 Å². The minimum atomic E-state index is -0.716. The summed E-state index contributed by atoms with van der Waals surface area (Å²) in [5.74, 6) is 5.49. The first-order valence-corrected chi connectivity index (χ1v) is 5.71. The number of methoxy groups -OCH3 is 2. The van der Waals surface area contributed by atoms with Crippen molar-refractivity contribution in [2.75, 3.05) is 14.2 Å². The molecule has 0 aliphatic rings. The van der Waals surface area contributed by atoms with Crippen LogP contribution < -0.4 is 20.7 Å². The molecule has 2 aromatic rings. The molecule has 0 saturated heterocycles. The van der Waals surface area contributed by atoms with E-state index in [4.69, 9.17) is 15.3 Å². The van der Waals surface area contributed by atoms with Crippen molar-refractivity contribution in [2.45, 2.75) is 6.04 Å². The predicted molar refractivity (Wildman–Crippen MR) is 68.5 cm³/mol. The van der Waals surface area contributed by atoms with Crippen LogP contribution in [0.1, 0.15) is 17.3 Å². The minimum absolute atomic E-state index is 0.198. The Labute approximate surface area is 114 Å². The first-order chi connectivity index (χ1) is 9.71. The molecule has 0 radical (unpaired) electrons. The predicted octanol–water partition coefficient (Wildman–Crippen LogP) is 0.581. The zero-order chi connectivity index (χ0) is 14.5. The molecule has 0 amide bonds. The van der Waals surface area contributed by atoms with Crippen LogP contribution in [-0.4, -0.2) is 29.2 Å². The lowest BCUT2D eigenvalue weighted by Gasteiger charge is -2.18. The number of halogens is 1. The van der Waals surface area contributed by atoms with Gasteiger partial charge >= 0.3 is 0 Å². The van der Waals surface area contributed by atoms with Crippen molar-refractivity contribution < 1.29 is 13.9 Å². The zero-order valence-electron chi connectivity index (χ0n) is 11.0. The molecule has 0 aliphatic carbocycles. The van der Waals surface area contributed by atoms with Gasteiger partial charge in [-0.3, -0.25) is 10.8 Å². The maximum Gasteiger partial charge on any atom is 0.240 e. The van der Waals surface area contributed by atoms with Crippen molar-refractivity contribution >= 4 is 0 Å². The number of hydrazine groups is 1. The lowest BCUT2D eigenvalue weighted by atomic mass is 10.1. The highest BCUT2D eigenvalue weighted by Gasteiger charge is 2.23. The van der Waals surface area contributed by atoms with E-state index in [0.29, 0.717) is 11.3 Å². The molecule has 2 rings (SSSR count). The second kappa shape index (κ2) is 6.22. The quantitative estimate of drug-likeness (QED) is 0.610.